The highest BCUT2D eigenvalue weighted by Gasteiger charge is 2.20. The summed E-state index contributed by atoms with van der Waals surface area (Å²) in [5.74, 6) is -0.583. The molecule has 0 spiro atoms. The molecule has 17 heavy (non-hydrogen) atoms. The van der Waals surface area contributed by atoms with Gasteiger partial charge >= 0.3 is 5.97 Å². The Morgan fingerprint density at radius 2 is 1.76 bits per heavy atom. The summed E-state index contributed by atoms with van der Waals surface area (Å²) in [4.78, 5) is 24.6. The summed E-state index contributed by atoms with van der Waals surface area (Å²) in [6.07, 6.45) is -0.00412. The van der Waals surface area contributed by atoms with E-state index in [0.29, 0.717) is 6.61 Å². The number of hydrogen-bond acceptors (Lipinski definition) is 4. The molecule has 0 aromatic rings. The van der Waals surface area contributed by atoms with E-state index in [9.17, 15) is 9.59 Å². The van der Waals surface area contributed by atoms with E-state index in [4.69, 9.17) is 9.47 Å². The van der Waals surface area contributed by atoms with E-state index in [1.54, 1.807) is 6.92 Å². The van der Waals surface area contributed by atoms with Gasteiger partial charge in [0.15, 0.2) is 0 Å². The third-order valence-electron chi connectivity index (χ3n) is 2.09. The summed E-state index contributed by atoms with van der Waals surface area (Å²) in [6, 6.07) is -0.0531. The van der Waals surface area contributed by atoms with Crippen LogP contribution in [0, 0.1) is 0 Å². The Morgan fingerprint density at radius 1 is 1.18 bits per heavy atom. The second-order valence-corrected chi connectivity index (χ2v) is 4.28. The summed E-state index contributed by atoms with van der Waals surface area (Å²) in [5, 5.41) is 0. The van der Waals surface area contributed by atoms with Crippen molar-refractivity contribution in [2.75, 3.05) is 19.8 Å². The van der Waals surface area contributed by atoms with Crippen LogP contribution >= 0.6 is 0 Å². The highest BCUT2D eigenvalue weighted by Crippen LogP contribution is 2.01. The van der Waals surface area contributed by atoms with Gasteiger partial charge in [0, 0.05) is 6.04 Å². The van der Waals surface area contributed by atoms with Crippen LogP contribution in [0.25, 0.3) is 0 Å². The SMILES string of the molecule is CCOC(=O)CN(C(=O)COC(C)C)C(C)C. The average molecular weight is 245 g/mol. The normalized spacial score (nSPS) is 10.8. The molecule has 0 aromatic heterocycles. The van der Waals surface area contributed by atoms with Gasteiger partial charge in [-0.2, -0.15) is 0 Å². The summed E-state index contributed by atoms with van der Waals surface area (Å²) in [7, 11) is 0. The van der Waals surface area contributed by atoms with E-state index in [0.717, 1.165) is 0 Å². The zero-order chi connectivity index (χ0) is 13.4. The van der Waals surface area contributed by atoms with Crippen molar-refractivity contribution in [2.45, 2.75) is 46.8 Å². The lowest BCUT2D eigenvalue weighted by Gasteiger charge is -2.26. The van der Waals surface area contributed by atoms with Crippen molar-refractivity contribution in [3.63, 3.8) is 0 Å². The van der Waals surface area contributed by atoms with E-state index < -0.39 is 0 Å². The molecule has 0 rings (SSSR count). The molecule has 0 saturated carbocycles. The molecular weight excluding hydrogens is 222 g/mol. The molecule has 0 aromatic carbocycles. The molecule has 5 nitrogen and oxygen atoms in total. The highest BCUT2D eigenvalue weighted by molar-refractivity contribution is 5.83. The first-order chi connectivity index (χ1) is 7.88. The first kappa shape index (κ1) is 15.9. The number of amides is 1. The van der Waals surface area contributed by atoms with Crippen molar-refractivity contribution in [2.24, 2.45) is 0 Å². The smallest absolute Gasteiger partial charge is 0.325 e. The molecule has 0 N–H and O–H groups in total. The number of hydrogen-bond donors (Lipinski definition) is 0. The summed E-state index contributed by atoms with van der Waals surface area (Å²) >= 11 is 0. The number of carbonyl (C=O) groups is 2. The third kappa shape index (κ3) is 6.94. The van der Waals surface area contributed by atoms with E-state index in [1.165, 1.54) is 4.90 Å². The highest BCUT2D eigenvalue weighted by atomic mass is 16.5. The van der Waals surface area contributed by atoms with Crippen LogP contribution in [-0.2, 0) is 19.1 Å². The van der Waals surface area contributed by atoms with Crippen molar-refractivity contribution in [3.8, 4) is 0 Å². The third-order valence-corrected chi connectivity index (χ3v) is 2.09. The Labute approximate surface area is 103 Å². The fraction of sp³-hybridized carbons (Fsp3) is 0.833. The number of carbonyl (C=O) groups excluding carboxylic acids is 2. The van der Waals surface area contributed by atoms with E-state index in [-0.39, 0.29) is 37.2 Å². The maximum absolute atomic E-state index is 11.8. The molecule has 0 aliphatic carbocycles. The molecule has 0 atom stereocenters. The number of esters is 1. The molecule has 0 heterocycles. The van der Waals surface area contributed by atoms with Gasteiger partial charge in [0.1, 0.15) is 13.2 Å². The topological polar surface area (TPSA) is 55.8 Å². The second kappa shape index (κ2) is 8.06. The second-order valence-electron chi connectivity index (χ2n) is 4.28. The molecule has 0 saturated heterocycles. The Balaban J connectivity index is 4.31. The average Bonchev–Trinajstić information content (AvgIpc) is 2.22. The van der Waals surface area contributed by atoms with Crippen molar-refractivity contribution in [1.29, 1.82) is 0 Å². The van der Waals surface area contributed by atoms with Crippen LogP contribution in [0.3, 0.4) is 0 Å². The molecule has 100 valence electrons. The molecular formula is C12H23NO4. The minimum absolute atomic E-state index is 0.00412. The maximum atomic E-state index is 11.8. The van der Waals surface area contributed by atoms with Gasteiger partial charge in [-0.15, -0.1) is 0 Å². The van der Waals surface area contributed by atoms with Crippen LogP contribution in [0.5, 0.6) is 0 Å². The van der Waals surface area contributed by atoms with Gasteiger partial charge in [0.2, 0.25) is 5.91 Å². The lowest BCUT2D eigenvalue weighted by Crippen LogP contribution is -2.43. The van der Waals surface area contributed by atoms with Crippen LogP contribution in [0.4, 0.5) is 0 Å². The van der Waals surface area contributed by atoms with Gasteiger partial charge in [-0.3, -0.25) is 9.59 Å². The molecule has 5 heteroatoms. The summed E-state index contributed by atoms with van der Waals surface area (Å²) < 4.78 is 10.1. The largest absolute Gasteiger partial charge is 0.465 e. The first-order valence-electron chi connectivity index (χ1n) is 5.95. The molecule has 0 unspecified atom stereocenters. The Morgan fingerprint density at radius 3 is 2.18 bits per heavy atom. The van der Waals surface area contributed by atoms with Crippen molar-refractivity contribution in [1.82, 2.24) is 4.90 Å². The van der Waals surface area contributed by atoms with Crippen molar-refractivity contribution >= 4 is 11.9 Å². The monoisotopic (exact) mass is 245 g/mol. The Hall–Kier alpha value is -1.10. The minimum Gasteiger partial charge on any atom is -0.465 e. The van der Waals surface area contributed by atoms with E-state index >= 15 is 0 Å². The Bertz CT molecular complexity index is 251. The number of nitrogens with zero attached hydrogens (tertiary/aromatic N) is 1. The fourth-order valence-corrected chi connectivity index (χ4v) is 1.23. The predicted molar refractivity (Wildman–Crippen MR) is 64.6 cm³/mol. The van der Waals surface area contributed by atoms with Crippen LogP contribution < -0.4 is 0 Å². The molecule has 0 fully saturated rings. The molecule has 0 radical (unpaired) electrons. The van der Waals surface area contributed by atoms with Gasteiger partial charge in [-0.05, 0) is 34.6 Å². The van der Waals surface area contributed by atoms with Gasteiger partial charge in [0.05, 0.1) is 12.7 Å². The summed E-state index contributed by atoms with van der Waals surface area (Å²) in [5.41, 5.74) is 0. The maximum Gasteiger partial charge on any atom is 0.325 e. The zero-order valence-electron chi connectivity index (χ0n) is 11.4. The Kier molecular flexibility index (Phi) is 7.54. The predicted octanol–water partition coefficient (Wildman–Crippen LogP) is 1.21. The molecule has 0 aliphatic rings. The fourth-order valence-electron chi connectivity index (χ4n) is 1.23. The molecule has 0 aliphatic heterocycles. The summed E-state index contributed by atoms with van der Waals surface area (Å²) in [6.45, 7) is 9.46. The number of ether oxygens (including phenoxy) is 2. The zero-order valence-corrected chi connectivity index (χ0v) is 11.4. The van der Waals surface area contributed by atoms with Crippen LogP contribution in [0.2, 0.25) is 0 Å². The lowest BCUT2D eigenvalue weighted by atomic mass is 10.3. The lowest BCUT2D eigenvalue weighted by molar-refractivity contribution is -0.152. The molecule has 1 amide bonds. The van der Waals surface area contributed by atoms with Gasteiger partial charge in [-0.25, -0.2) is 0 Å². The van der Waals surface area contributed by atoms with Crippen LogP contribution in [-0.4, -0.2) is 48.7 Å². The van der Waals surface area contributed by atoms with Gasteiger partial charge < -0.3 is 14.4 Å². The van der Waals surface area contributed by atoms with Crippen LogP contribution in [0.15, 0.2) is 0 Å². The van der Waals surface area contributed by atoms with Gasteiger partial charge in [0.25, 0.3) is 0 Å². The quantitative estimate of drug-likeness (QED) is 0.633. The standard InChI is InChI=1S/C12H23NO4/c1-6-16-12(15)7-13(9(2)3)11(14)8-17-10(4)5/h9-10H,6-8H2,1-5H3. The molecule has 0 bridgehead atoms. The van der Waals surface area contributed by atoms with Gasteiger partial charge in [-0.1, -0.05) is 0 Å². The van der Waals surface area contributed by atoms with E-state index in [2.05, 4.69) is 0 Å². The number of rotatable bonds is 7. The van der Waals surface area contributed by atoms with Crippen molar-refractivity contribution in [3.05, 3.63) is 0 Å². The van der Waals surface area contributed by atoms with Crippen molar-refractivity contribution < 1.29 is 19.1 Å². The van der Waals surface area contributed by atoms with Crippen LogP contribution in [0.1, 0.15) is 34.6 Å². The van der Waals surface area contributed by atoms with E-state index in [1.807, 2.05) is 27.7 Å². The first-order valence-corrected chi connectivity index (χ1v) is 5.95. The minimum atomic E-state index is -0.390.